The molecule has 234 valence electrons. The Bertz CT molecular complexity index is 1690. The predicted octanol–water partition coefficient (Wildman–Crippen LogP) is 4.46. The molecule has 1 N–H and O–H groups in total. The fourth-order valence-corrected chi connectivity index (χ4v) is 4.13. The molecule has 45 heavy (non-hydrogen) atoms. The maximum atomic E-state index is 12.8. The lowest BCUT2D eigenvalue weighted by Gasteiger charge is -2.20. The molecular weight excluding hydrogens is 586 g/mol. The summed E-state index contributed by atoms with van der Waals surface area (Å²) in [7, 11) is 1.92. The highest BCUT2D eigenvalue weighted by molar-refractivity contribution is 6.00. The van der Waals surface area contributed by atoms with Gasteiger partial charge in [-0.05, 0) is 58.0 Å². The van der Waals surface area contributed by atoms with Crippen LogP contribution in [0.1, 0.15) is 49.2 Å². The van der Waals surface area contributed by atoms with Crippen LogP contribution in [0.25, 0.3) is 0 Å². The summed E-state index contributed by atoms with van der Waals surface area (Å²) in [5.41, 5.74) is -0.902. The van der Waals surface area contributed by atoms with Gasteiger partial charge in [-0.2, -0.15) is 15.2 Å². The molecule has 0 saturated heterocycles. The summed E-state index contributed by atoms with van der Waals surface area (Å²) in [6.07, 6.45) is 0. The van der Waals surface area contributed by atoms with Crippen LogP contribution in [0.2, 0.25) is 0 Å². The molecule has 2 heterocycles. The van der Waals surface area contributed by atoms with Crippen molar-refractivity contribution in [2.24, 2.45) is 4.99 Å². The summed E-state index contributed by atoms with van der Waals surface area (Å²) in [5.74, 6) is -1.41. The van der Waals surface area contributed by atoms with Crippen LogP contribution >= 0.6 is 0 Å². The van der Waals surface area contributed by atoms with E-state index in [9.17, 15) is 25.0 Å². The Labute approximate surface area is 258 Å². The van der Waals surface area contributed by atoms with Crippen LogP contribution in [0.15, 0.2) is 47.5 Å². The molecule has 0 saturated carbocycles. The van der Waals surface area contributed by atoms with E-state index < -0.39 is 40.6 Å². The summed E-state index contributed by atoms with van der Waals surface area (Å²) in [5, 5.41) is 24.4. The first-order chi connectivity index (χ1) is 21.4. The Morgan fingerprint density at radius 1 is 1.13 bits per heavy atom. The van der Waals surface area contributed by atoms with E-state index in [0.29, 0.717) is 12.3 Å². The molecule has 0 fully saturated rings. The Balaban J connectivity index is 1.76. The van der Waals surface area contributed by atoms with Crippen molar-refractivity contribution in [3.05, 3.63) is 69.3 Å². The second-order valence-corrected chi connectivity index (χ2v) is 10.6. The zero-order valence-corrected chi connectivity index (χ0v) is 25.3. The molecule has 0 unspecified atom stereocenters. The Hall–Kier alpha value is -5.78. The summed E-state index contributed by atoms with van der Waals surface area (Å²) in [4.78, 5) is 51.1. The number of nitro groups is 1. The van der Waals surface area contributed by atoms with Crippen molar-refractivity contribution >= 4 is 29.3 Å². The van der Waals surface area contributed by atoms with Gasteiger partial charge in [-0.15, -0.1) is 0 Å². The SMILES string of the molecule is CCOC(=O)CNc1nc(Oc2cccc(C3=NCCN3C)c2)nc(Oc2ccc(C#N)c(C(=O)OC(C)(C)C)c2)c1[N+](=O)[O-]. The van der Waals surface area contributed by atoms with Gasteiger partial charge in [0, 0.05) is 19.2 Å². The lowest BCUT2D eigenvalue weighted by molar-refractivity contribution is -0.385. The molecule has 0 amide bonds. The molecular formula is C30H31N7O8. The van der Waals surface area contributed by atoms with Crippen molar-refractivity contribution in [3.8, 4) is 29.5 Å². The first kappa shape index (κ1) is 32.1. The number of hydrogen-bond donors (Lipinski definition) is 1. The van der Waals surface area contributed by atoms with Crippen molar-refractivity contribution in [1.82, 2.24) is 14.9 Å². The number of nitrogens with one attached hydrogen (secondary N) is 1. The zero-order valence-electron chi connectivity index (χ0n) is 25.3. The third-order valence-corrected chi connectivity index (χ3v) is 6.02. The maximum Gasteiger partial charge on any atom is 0.373 e. The van der Waals surface area contributed by atoms with Crippen molar-refractivity contribution < 1.29 is 33.5 Å². The monoisotopic (exact) mass is 617 g/mol. The number of carbonyl (C=O) groups excluding carboxylic acids is 2. The lowest BCUT2D eigenvalue weighted by atomic mass is 10.1. The van der Waals surface area contributed by atoms with Gasteiger partial charge in [-0.3, -0.25) is 19.9 Å². The topological polar surface area (TPSA) is 191 Å². The molecule has 1 aliphatic rings. The normalized spacial score (nSPS) is 12.5. The smallest absolute Gasteiger partial charge is 0.373 e. The van der Waals surface area contributed by atoms with Gasteiger partial charge in [0.1, 0.15) is 35.5 Å². The number of hydrogen-bond acceptors (Lipinski definition) is 14. The van der Waals surface area contributed by atoms with Gasteiger partial charge in [0.2, 0.25) is 5.82 Å². The number of esters is 2. The molecule has 0 spiro atoms. The molecule has 1 aliphatic heterocycles. The minimum atomic E-state index is -0.852. The second-order valence-electron chi connectivity index (χ2n) is 10.6. The molecule has 0 bridgehead atoms. The fraction of sp³-hybridized carbons (Fsp3) is 0.333. The van der Waals surface area contributed by atoms with Gasteiger partial charge >= 0.3 is 29.5 Å². The minimum absolute atomic E-state index is 0.00648. The molecule has 2 aromatic carbocycles. The average Bonchev–Trinajstić information content (AvgIpc) is 3.41. The highest BCUT2D eigenvalue weighted by Crippen LogP contribution is 2.38. The minimum Gasteiger partial charge on any atom is -0.465 e. The largest absolute Gasteiger partial charge is 0.465 e. The van der Waals surface area contributed by atoms with Gasteiger partial charge in [0.15, 0.2) is 0 Å². The highest BCUT2D eigenvalue weighted by Gasteiger charge is 2.29. The Morgan fingerprint density at radius 2 is 1.89 bits per heavy atom. The first-order valence-electron chi connectivity index (χ1n) is 13.8. The number of ether oxygens (including phenoxy) is 4. The number of anilines is 1. The third kappa shape index (κ3) is 8.20. The van der Waals surface area contributed by atoms with Crippen LogP contribution in [0.3, 0.4) is 0 Å². The molecule has 15 heteroatoms. The van der Waals surface area contributed by atoms with Crippen LogP contribution in [-0.4, -0.2) is 76.5 Å². The number of amidine groups is 1. The summed E-state index contributed by atoms with van der Waals surface area (Å²) < 4.78 is 22.0. The lowest BCUT2D eigenvalue weighted by Crippen LogP contribution is -2.24. The molecule has 0 radical (unpaired) electrons. The van der Waals surface area contributed by atoms with E-state index in [1.165, 1.54) is 18.2 Å². The van der Waals surface area contributed by atoms with E-state index in [0.717, 1.165) is 17.9 Å². The Morgan fingerprint density at radius 3 is 2.53 bits per heavy atom. The van der Waals surface area contributed by atoms with Crippen LogP contribution in [0.5, 0.6) is 23.4 Å². The second kappa shape index (κ2) is 13.7. The number of nitriles is 1. The zero-order chi connectivity index (χ0) is 32.7. The van der Waals surface area contributed by atoms with Gasteiger partial charge in [-0.25, -0.2) is 4.79 Å². The first-order valence-corrected chi connectivity index (χ1v) is 13.8. The highest BCUT2D eigenvalue weighted by atomic mass is 16.6. The fourth-order valence-electron chi connectivity index (χ4n) is 4.13. The molecule has 0 aliphatic carbocycles. The van der Waals surface area contributed by atoms with Gasteiger partial charge in [-0.1, -0.05) is 12.1 Å². The van der Waals surface area contributed by atoms with Crippen LogP contribution in [0.4, 0.5) is 11.5 Å². The number of benzene rings is 2. The quantitative estimate of drug-likeness (QED) is 0.180. The van der Waals surface area contributed by atoms with E-state index in [-0.39, 0.29) is 35.3 Å². The molecule has 0 atom stereocenters. The maximum absolute atomic E-state index is 12.8. The number of rotatable bonds is 11. The van der Waals surface area contributed by atoms with Gasteiger partial charge < -0.3 is 29.2 Å². The van der Waals surface area contributed by atoms with Crippen molar-refractivity contribution in [1.29, 1.82) is 5.26 Å². The van der Waals surface area contributed by atoms with Crippen molar-refractivity contribution in [3.63, 3.8) is 0 Å². The van der Waals surface area contributed by atoms with Crippen molar-refractivity contribution in [2.75, 3.05) is 38.6 Å². The van der Waals surface area contributed by atoms with E-state index in [1.54, 1.807) is 45.9 Å². The summed E-state index contributed by atoms with van der Waals surface area (Å²) in [6.45, 7) is 7.71. The van der Waals surface area contributed by atoms with E-state index in [4.69, 9.17) is 18.9 Å². The van der Waals surface area contributed by atoms with Crippen LogP contribution < -0.4 is 14.8 Å². The molecule has 15 nitrogen and oxygen atoms in total. The van der Waals surface area contributed by atoms with Gasteiger partial charge in [0.05, 0.1) is 29.2 Å². The van der Waals surface area contributed by atoms with E-state index in [2.05, 4.69) is 20.3 Å². The standard InChI is InChI=1S/C30H31N7O8/c1-6-42-23(38)17-33-25-24(37(40)41)27(43-21-11-10-19(16-31)22(15-21)28(39)45-30(2,3)4)35-29(34-25)44-20-9-7-8-18(14-20)26-32-12-13-36(26)5/h7-11,14-15H,6,12-13,17H2,1-5H3,(H,33,34,35). The molecule has 4 rings (SSSR count). The summed E-state index contributed by atoms with van der Waals surface area (Å²) in [6, 6.07) is 12.4. The number of nitrogens with zero attached hydrogens (tertiary/aromatic N) is 6. The van der Waals surface area contributed by atoms with E-state index >= 15 is 0 Å². The van der Waals surface area contributed by atoms with Gasteiger partial charge in [0.25, 0.3) is 0 Å². The number of carbonyl (C=O) groups is 2. The number of likely N-dealkylation sites (N-methyl/N-ethyl adjacent to an activating group) is 1. The third-order valence-electron chi connectivity index (χ3n) is 6.02. The Kier molecular flexibility index (Phi) is 9.77. The number of aliphatic imine (C=N–C) groups is 1. The number of aromatic nitrogens is 2. The molecule has 3 aromatic rings. The summed E-state index contributed by atoms with van der Waals surface area (Å²) >= 11 is 0. The molecule has 1 aromatic heterocycles. The average molecular weight is 618 g/mol. The van der Waals surface area contributed by atoms with Crippen molar-refractivity contribution in [2.45, 2.75) is 33.3 Å². The van der Waals surface area contributed by atoms with E-state index in [1.807, 2.05) is 24.1 Å². The van der Waals surface area contributed by atoms with Crippen LogP contribution in [-0.2, 0) is 14.3 Å². The van der Waals surface area contributed by atoms with Crippen LogP contribution in [0, 0.1) is 21.4 Å². The predicted molar refractivity (Wildman–Crippen MR) is 161 cm³/mol.